The van der Waals surface area contributed by atoms with E-state index in [1.807, 2.05) is 65.5 Å². The normalized spacial score (nSPS) is 11.2. The Bertz CT molecular complexity index is 1510. The van der Waals surface area contributed by atoms with Gasteiger partial charge in [-0.3, -0.25) is 4.79 Å². The third-order valence-electron chi connectivity index (χ3n) is 5.18. The molecule has 0 bridgehead atoms. The molecular formula is C23H18ClN5O2S2. The van der Waals surface area contributed by atoms with E-state index >= 15 is 0 Å². The third-order valence-corrected chi connectivity index (χ3v) is 7.41. The van der Waals surface area contributed by atoms with E-state index in [0.29, 0.717) is 26.8 Å². The van der Waals surface area contributed by atoms with Gasteiger partial charge in [0.1, 0.15) is 16.4 Å². The second kappa shape index (κ2) is 9.01. The molecule has 0 aliphatic heterocycles. The number of H-pyrrole nitrogens is 1. The van der Waals surface area contributed by atoms with Crippen LogP contribution < -0.4 is 10.3 Å². The van der Waals surface area contributed by atoms with Crippen molar-refractivity contribution < 1.29 is 4.74 Å². The Labute approximate surface area is 202 Å². The summed E-state index contributed by atoms with van der Waals surface area (Å²) in [5.41, 5.74) is 2.39. The zero-order valence-corrected chi connectivity index (χ0v) is 20.1. The Morgan fingerprint density at radius 2 is 1.91 bits per heavy atom. The van der Waals surface area contributed by atoms with E-state index in [1.165, 1.54) is 23.1 Å². The quantitative estimate of drug-likeness (QED) is 0.317. The highest BCUT2D eigenvalue weighted by Crippen LogP contribution is 2.35. The van der Waals surface area contributed by atoms with Crippen LogP contribution in [0.4, 0.5) is 0 Å². The number of fused-ring (bicyclic) bond motifs is 1. The van der Waals surface area contributed by atoms with Gasteiger partial charge in [0.25, 0.3) is 5.56 Å². The summed E-state index contributed by atoms with van der Waals surface area (Å²) in [6.45, 7) is 0. The van der Waals surface area contributed by atoms with Crippen LogP contribution in [-0.2, 0) is 12.8 Å². The number of hydrogen-bond acceptors (Lipinski definition) is 7. The predicted molar refractivity (Wildman–Crippen MR) is 133 cm³/mol. The van der Waals surface area contributed by atoms with Crippen LogP contribution in [0.25, 0.3) is 32.7 Å². The summed E-state index contributed by atoms with van der Waals surface area (Å²) < 4.78 is 7.13. The minimum atomic E-state index is -0.177. The first-order valence-corrected chi connectivity index (χ1v) is 12.2. The van der Waals surface area contributed by atoms with Gasteiger partial charge in [0.2, 0.25) is 0 Å². The molecule has 7 nitrogen and oxygen atoms in total. The van der Waals surface area contributed by atoms with Crippen molar-refractivity contribution in [2.75, 3.05) is 7.11 Å². The minimum absolute atomic E-state index is 0.177. The smallest absolute Gasteiger partial charge is 0.260 e. The second-order valence-electron chi connectivity index (χ2n) is 7.20. The van der Waals surface area contributed by atoms with Crippen molar-refractivity contribution in [1.29, 1.82) is 0 Å². The summed E-state index contributed by atoms with van der Waals surface area (Å²) in [5.74, 6) is 2.57. The molecule has 0 saturated heterocycles. The summed E-state index contributed by atoms with van der Waals surface area (Å²) in [7, 11) is 3.55. The maximum atomic E-state index is 12.9. The second-order valence-corrected chi connectivity index (χ2v) is 9.41. The van der Waals surface area contributed by atoms with Gasteiger partial charge in [-0.1, -0.05) is 41.6 Å². The van der Waals surface area contributed by atoms with Gasteiger partial charge < -0.3 is 14.3 Å². The highest BCUT2D eigenvalue weighted by atomic mass is 35.5. The Kier molecular flexibility index (Phi) is 5.92. The molecular weight excluding hydrogens is 478 g/mol. The van der Waals surface area contributed by atoms with Crippen LogP contribution in [0, 0.1) is 0 Å². The van der Waals surface area contributed by atoms with Gasteiger partial charge >= 0.3 is 0 Å². The monoisotopic (exact) mass is 495 g/mol. The fraction of sp³-hybridized carbons (Fsp3) is 0.130. The van der Waals surface area contributed by atoms with Crippen LogP contribution >= 0.6 is 34.7 Å². The van der Waals surface area contributed by atoms with Crippen molar-refractivity contribution in [3.63, 3.8) is 0 Å². The number of thiophene rings is 1. The van der Waals surface area contributed by atoms with E-state index in [4.69, 9.17) is 16.3 Å². The molecule has 166 valence electrons. The number of hydrogen-bond donors (Lipinski definition) is 1. The van der Waals surface area contributed by atoms with Crippen LogP contribution in [0.15, 0.2) is 63.9 Å². The summed E-state index contributed by atoms with van der Waals surface area (Å²) >= 11 is 9.23. The molecule has 0 radical (unpaired) electrons. The molecule has 1 N–H and O–H groups in total. The lowest BCUT2D eigenvalue weighted by Gasteiger charge is -2.05. The van der Waals surface area contributed by atoms with Crippen LogP contribution in [-0.4, -0.2) is 31.8 Å². The molecule has 3 heterocycles. The summed E-state index contributed by atoms with van der Waals surface area (Å²) in [4.78, 5) is 21.2. The van der Waals surface area contributed by atoms with Gasteiger partial charge in [-0.15, -0.1) is 21.5 Å². The molecule has 0 spiro atoms. The molecule has 0 amide bonds. The summed E-state index contributed by atoms with van der Waals surface area (Å²) in [6.07, 6.45) is 0. The molecule has 3 aromatic heterocycles. The lowest BCUT2D eigenvalue weighted by atomic mass is 10.1. The topological polar surface area (TPSA) is 85.7 Å². The number of aromatic amines is 1. The number of nitrogens with zero attached hydrogens (tertiary/aromatic N) is 4. The molecule has 2 aromatic carbocycles. The van der Waals surface area contributed by atoms with Crippen LogP contribution in [0.5, 0.6) is 5.75 Å². The number of nitrogens with one attached hydrogen (secondary N) is 1. The van der Waals surface area contributed by atoms with Gasteiger partial charge in [-0.05, 0) is 30.3 Å². The number of halogens is 1. The molecule has 0 aliphatic rings. The van der Waals surface area contributed by atoms with Crippen molar-refractivity contribution in [2.45, 2.75) is 10.9 Å². The van der Waals surface area contributed by atoms with Crippen molar-refractivity contribution in [1.82, 2.24) is 24.7 Å². The number of benzene rings is 2. The molecule has 0 fully saturated rings. The fourth-order valence-electron chi connectivity index (χ4n) is 3.50. The number of aromatic nitrogens is 5. The zero-order chi connectivity index (χ0) is 22.9. The molecule has 33 heavy (non-hydrogen) atoms. The third kappa shape index (κ3) is 4.15. The number of methoxy groups -OCH3 is 1. The molecule has 0 unspecified atom stereocenters. The van der Waals surface area contributed by atoms with Crippen LogP contribution in [0.2, 0.25) is 5.02 Å². The Hall–Kier alpha value is -3.14. The average Bonchev–Trinajstić information content (AvgIpc) is 3.42. The highest BCUT2D eigenvalue weighted by molar-refractivity contribution is 7.98. The minimum Gasteiger partial charge on any atom is -0.497 e. The van der Waals surface area contributed by atoms with E-state index in [1.54, 1.807) is 7.11 Å². The van der Waals surface area contributed by atoms with Gasteiger partial charge in [0.05, 0.1) is 18.2 Å². The van der Waals surface area contributed by atoms with Gasteiger partial charge in [0, 0.05) is 34.1 Å². The molecule has 0 saturated carbocycles. The Morgan fingerprint density at radius 1 is 1.12 bits per heavy atom. The standard InChI is InChI=1S/C23H18ClN5O2S2/c1-29-20(13-7-9-14(31-2)10-8-13)27-28-23(29)33-12-18-25-21(30)19-16(11-32-22(19)26-18)15-5-3-4-6-17(15)24/h3-11H,12H2,1-2H3,(H,25,26,30). The molecule has 0 atom stereocenters. The molecule has 0 aliphatic carbocycles. The van der Waals surface area contributed by atoms with Gasteiger partial charge in [-0.25, -0.2) is 4.98 Å². The largest absolute Gasteiger partial charge is 0.497 e. The number of ether oxygens (including phenoxy) is 1. The van der Waals surface area contributed by atoms with E-state index in [9.17, 15) is 4.79 Å². The molecule has 5 aromatic rings. The number of rotatable bonds is 6. The first-order valence-electron chi connectivity index (χ1n) is 9.97. The van der Waals surface area contributed by atoms with Crippen LogP contribution in [0.1, 0.15) is 5.82 Å². The molecule has 10 heteroatoms. The fourth-order valence-corrected chi connectivity index (χ4v) is 5.48. The Balaban J connectivity index is 1.39. The average molecular weight is 496 g/mol. The van der Waals surface area contributed by atoms with Crippen molar-refractivity contribution in [3.8, 4) is 28.3 Å². The zero-order valence-electron chi connectivity index (χ0n) is 17.7. The van der Waals surface area contributed by atoms with Crippen molar-refractivity contribution in [3.05, 3.63) is 75.1 Å². The number of thioether (sulfide) groups is 1. The first kappa shape index (κ1) is 21.7. The van der Waals surface area contributed by atoms with E-state index in [-0.39, 0.29) is 5.56 Å². The van der Waals surface area contributed by atoms with Crippen LogP contribution in [0.3, 0.4) is 0 Å². The van der Waals surface area contributed by atoms with Crippen molar-refractivity contribution in [2.24, 2.45) is 7.05 Å². The maximum Gasteiger partial charge on any atom is 0.260 e. The lowest BCUT2D eigenvalue weighted by molar-refractivity contribution is 0.415. The van der Waals surface area contributed by atoms with E-state index in [2.05, 4.69) is 20.2 Å². The van der Waals surface area contributed by atoms with Crippen molar-refractivity contribution >= 4 is 44.9 Å². The lowest BCUT2D eigenvalue weighted by Crippen LogP contribution is -2.11. The SMILES string of the molecule is COc1ccc(-c2nnc(SCc3nc4scc(-c5ccccc5Cl)c4c(=O)[nH]3)n2C)cc1. The highest BCUT2D eigenvalue weighted by Gasteiger charge is 2.16. The first-order chi connectivity index (χ1) is 16.0. The summed E-state index contributed by atoms with van der Waals surface area (Å²) in [5, 5.41) is 12.4. The van der Waals surface area contributed by atoms with E-state index < -0.39 is 0 Å². The molecule has 5 rings (SSSR count). The summed E-state index contributed by atoms with van der Waals surface area (Å²) in [6, 6.07) is 15.1. The van der Waals surface area contributed by atoms with Gasteiger partial charge in [-0.2, -0.15) is 0 Å². The Morgan fingerprint density at radius 3 is 2.67 bits per heavy atom. The van der Waals surface area contributed by atoms with Gasteiger partial charge in [0.15, 0.2) is 11.0 Å². The predicted octanol–water partition coefficient (Wildman–Crippen LogP) is 5.40. The maximum absolute atomic E-state index is 12.9. The van der Waals surface area contributed by atoms with E-state index in [0.717, 1.165) is 33.4 Å².